The van der Waals surface area contributed by atoms with E-state index < -0.39 is 5.97 Å². The van der Waals surface area contributed by atoms with Crippen LogP contribution in [0.15, 0.2) is 47.0 Å². The van der Waals surface area contributed by atoms with Gasteiger partial charge in [0.1, 0.15) is 0 Å². The van der Waals surface area contributed by atoms with Crippen molar-refractivity contribution in [3.8, 4) is 11.4 Å². The summed E-state index contributed by atoms with van der Waals surface area (Å²) < 4.78 is 10.2. The number of nitrogens with zero attached hydrogens (tertiary/aromatic N) is 3. The fourth-order valence-corrected chi connectivity index (χ4v) is 3.98. The average molecular weight is 449 g/mol. The summed E-state index contributed by atoms with van der Waals surface area (Å²) in [5.41, 5.74) is 4.01. The Morgan fingerprint density at radius 3 is 2.73 bits per heavy atom. The number of aromatic nitrogens is 2. The number of aryl methyl sites for hydroxylation is 2. The van der Waals surface area contributed by atoms with Crippen LogP contribution in [0.2, 0.25) is 0 Å². The molecule has 1 unspecified atom stereocenters. The minimum absolute atomic E-state index is 0.0595. The van der Waals surface area contributed by atoms with Gasteiger partial charge in [0, 0.05) is 17.8 Å². The SMILES string of the molecule is COC(=O)c1ccc(C)c(NC(=O)C2CCCN(Cc3nc(-c4ccc(C)cc4)no3)C2)c1. The Balaban J connectivity index is 1.38. The quantitative estimate of drug-likeness (QED) is 0.570. The minimum Gasteiger partial charge on any atom is -0.465 e. The zero-order valence-corrected chi connectivity index (χ0v) is 19.1. The Morgan fingerprint density at radius 2 is 1.97 bits per heavy atom. The maximum Gasteiger partial charge on any atom is 0.337 e. The molecule has 0 radical (unpaired) electrons. The molecule has 1 amide bonds. The standard InChI is InChI=1S/C25H28N4O4/c1-16-6-9-18(10-7-16)23-27-22(33-28-23)15-29-12-4-5-20(14-29)24(30)26-21-13-19(25(31)32-3)11-8-17(21)2/h6-11,13,20H,4-5,12,14-15H2,1-3H3,(H,26,30). The molecule has 2 heterocycles. The van der Waals surface area contributed by atoms with Crippen LogP contribution in [0, 0.1) is 19.8 Å². The molecule has 1 N–H and O–H groups in total. The molecule has 1 saturated heterocycles. The molecule has 8 nitrogen and oxygen atoms in total. The van der Waals surface area contributed by atoms with Gasteiger partial charge in [0.25, 0.3) is 0 Å². The normalized spacial score (nSPS) is 16.4. The second kappa shape index (κ2) is 9.95. The molecule has 1 aliphatic rings. The maximum absolute atomic E-state index is 13.0. The third kappa shape index (κ3) is 5.46. The summed E-state index contributed by atoms with van der Waals surface area (Å²) in [7, 11) is 1.34. The number of hydrogen-bond acceptors (Lipinski definition) is 7. The van der Waals surface area contributed by atoms with Crippen molar-refractivity contribution in [3.05, 3.63) is 65.0 Å². The lowest BCUT2D eigenvalue weighted by molar-refractivity contribution is -0.121. The maximum atomic E-state index is 13.0. The van der Waals surface area contributed by atoms with Crippen molar-refractivity contribution in [1.82, 2.24) is 15.0 Å². The number of amides is 1. The predicted molar refractivity (Wildman–Crippen MR) is 124 cm³/mol. The number of ether oxygens (including phenoxy) is 1. The van der Waals surface area contributed by atoms with Crippen LogP contribution >= 0.6 is 0 Å². The van der Waals surface area contributed by atoms with Crippen LogP contribution in [0.5, 0.6) is 0 Å². The number of carbonyl (C=O) groups is 2. The summed E-state index contributed by atoms with van der Waals surface area (Å²) in [6.07, 6.45) is 1.70. The number of nitrogens with one attached hydrogen (secondary N) is 1. The van der Waals surface area contributed by atoms with Gasteiger partial charge in [-0.25, -0.2) is 4.79 Å². The van der Waals surface area contributed by atoms with E-state index in [1.807, 2.05) is 38.1 Å². The highest BCUT2D eigenvalue weighted by Gasteiger charge is 2.27. The van der Waals surface area contributed by atoms with Gasteiger partial charge in [-0.1, -0.05) is 41.1 Å². The lowest BCUT2D eigenvalue weighted by Gasteiger charge is -2.31. The lowest BCUT2D eigenvalue weighted by atomic mass is 9.96. The van der Waals surface area contributed by atoms with E-state index in [4.69, 9.17) is 9.26 Å². The van der Waals surface area contributed by atoms with Gasteiger partial charge >= 0.3 is 5.97 Å². The van der Waals surface area contributed by atoms with Gasteiger partial charge in [0.05, 0.1) is 25.1 Å². The highest BCUT2D eigenvalue weighted by molar-refractivity contribution is 5.96. The molecule has 3 aromatic rings. The number of anilines is 1. The van der Waals surface area contributed by atoms with E-state index in [2.05, 4.69) is 20.4 Å². The third-order valence-corrected chi connectivity index (χ3v) is 5.93. The van der Waals surface area contributed by atoms with Gasteiger partial charge in [-0.2, -0.15) is 4.98 Å². The van der Waals surface area contributed by atoms with Crippen molar-refractivity contribution < 1.29 is 18.8 Å². The first-order valence-electron chi connectivity index (χ1n) is 11.0. The highest BCUT2D eigenvalue weighted by atomic mass is 16.5. The molecule has 1 aliphatic heterocycles. The molecular weight excluding hydrogens is 420 g/mol. The van der Waals surface area contributed by atoms with Gasteiger partial charge in [0.2, 0.25) is 17.6 Å². The second-order valence-electron chi connectivity index (χ2n) is 8.46. The number of methoxy groups -OCH3 is 1. The minimum atomic E-state index is -0.432. The number of esters is 1. The Kier molecular flexibility index (Phi) is 6.84. The molecular formula is C25H28N4O4. The van der Waals surface area contributed by atoms with E-state index in [0.29, 0.717) is 36.1 Å². The van der Waals surface area contributed by atoms with Crippen molar-refractivity contribution in [1.29, 1.82) is 0 Å². The first kappa shape index (κ1) is 22.7. The van der Waals surface area contributed by atoms with E-state index in [-0.39, 0.29) is 11.8 Å². The summed E-state index contributed by atoms with van der Waals surface area (Å²) in [6.45, 7) is 5.89. The Hall–Kier alpha value is -3.52. The van der Waals surface area contributed by atoms with Gasteiger partial charge in [0.15, 0.2) is 0 Å². The van der Waals surface area contributed by atoms with Crippen molar-refractivity contribution in [2.45, 2.75) is 33.2 Å². The number of benzene rings is 2. The zero-order chi connectivity index (χ0) is 23.4. The van der Waals surface area contributed by atoms with Crippen molar-refractivity contribution in [2.75, 3.05) is 25.5 Å². The molecule has 0 saturated carbocycles. The number of hydrogen-bond donors (Lipinski definition) is 1. The fourth-order valence-electron chi connectivity index (χ4n) is 3.98. The van der Waals surface area contributed by atoms with E-state index in [9.17, 15) is 9.59 Å². The second-order valence-corrected chi connectivity index (χ2v) is 8.46. The van der Waals surface area contributed by atoms with Gasteiger partial charge in [-0.3, -0.25) is 9.69 Å². The fraction of sp³-hybridized carbons (Fsp3) is 0.360. The van der Waals surface area contributed by atoms with E-state index in [1.54, 1.807) is 18.2 Å². The molecule has 33 heavy (non-hydrogen) atoms. The summed E-state index contributed by atoms with van der Waals surface area (Å²) >= 11 is 0. The first-order chi connectivity index (χ1) is 15.9. The molecule has 4 rings (SSSR count). The predicted octanol–water partition coefficient (Wildman–Crippen LogP) is 3.99. The Bertz CT molecular complexity index is 1140. The molecule has 1 atom stereocenters. The molecule has 2 aromatic carbocycles. The number of likely N-dealkylation sites (tertiary alicyclic amines) is 1. The van der Waals surface area contributed by atoms with Crippen molar-refractivity contribution in [3.63, 3.8) is 0 Å². The molecule has 1 aromatic heterocycles. The first-order valence-corrected chi connectivity index (χ1v) is 11.0. The third-order valence-electron chi connectivity index (χ3n) is 5.93. The zero-order valence-electron chi connectivity index (χ0n) is 19.1. The lowest BCUT2D eigenvalue weighted by Crippen LogP contribution is -2.40. The van der Waals surface area contributed by atoms with Crippen LogP contribution in [0.3, 0.4) is 0 Å². The van der Waals surface area contributed by atoms with Gasteiger partial charge in [-0.15, -0.1) is 0 Å². The summed E-state index contributed by atoms with van der Waals surface area (Å²) in [4.78, 5) is 31.5. The van der Waals surface area contributed by atoms with Crippen LogP contribution in [0.25, 0.3) is 11.4 Å². The molecule has 0 spiro atoms. The van der Waals surface area contributed by atoms with E-state index in [1.165, 1.54) is 12.7 Å². The van der Waals surface area contributed by atoms with Crippen LogP contribution in [-0.4, -0.2) is 47.1 Å². The Morgan fingerprint density at radius 1 is 1.18 bits per heavy atom. The highest BCUT2D eigenvalue weighted by Crippen LogP contribution is 2.23. The number of carbonyl (C=O) groups excluding carboxylic acids is 2. The van der Waals surface area contributed by atoms with Crippen molar-refractivity contribution in [2.24, 2.45) is 5.92 Å². The monoisotopic (exact) mass is 448 g/mol. The van der Waals surface area contributed by atoms with Crippen LogP contribution < -0.4 is 5.32 Å². The number of rotatable bonds is 6. The van der Waals surface area contributed by atoms with E-state index in [0.717, 1.165) is 30.5 Å². The molecule has 0 aliphatic carbocycles. The summed E-state index contributed by atoms with van der Waals surface area (Å²) in [5.74, 6) is 0.444. The molecule has 0 bridgehead atoms. The molecule has 1 fully saturated rings. The summed E-state index contributed by atoms with van der Waals surface area (Å²) in [6, 6.07) is 13.1. The van der Waals surface area contributed by atoms with Crippen LogP contribution in [0.4, 0.5) is 5.69 Å². The van der Waals surface area contributed by atoms with Gasteiger partial charge in [-0.05, 0) is 50.9 Å². The van der Waals surface area contributed by atoms with Crippen molar-refractivity contribution >= 4 is 17.6 Å². The summed E-state index contributed by atoms with van der Waals surface area (Å²) in [5, 5.41) is 7.09. The van der Waals surface area contributed by atoms with E-state index >= 15 is 0 Å². The topological polar surface area (TPSA) is 97.6 Å². The number of piperidine rings is 1. The smallest absolute Gasteiger partial charge is 0.337 e. The largest absolute Gasteiger partial charge is 0.465 e. The average Bonchev–Trinajstić information content (AvgIpc) is 3.29. The molecule has 8 heteroatoms. The van der Waals surface area contributed by atoms with Crippen LogP contribution in [0.1, 0.15) is 40.2 Å². The molecule has 172 valence electrons. The Labute approximate surface area is 192 Å². The van der Waals surface area contributed by atoms with Crippen LogP contribution in [-0.2, 0) is 16.1 Å². The van der Waals surface area contributed by atoms with Gasteiger partial charge < -0.3 is 14.6 Å².